The van der Waals surface area contributed by atoms with Gasteiger partial charge in [0.15, 0.2) is 0 Å². The lowest BCUT2D eigenvalue weighted by molar-refractivity contribution is 0.0800. The molecule has 3 unspecified atom stereocenters. The predicted octanol–water partition coefficient (Wildman–Crippen LogP) is 1.54. The molecule has 0 aromatic rings. The Morgan fingerprint density at radius 1 is 1.06 bits per heavy atom. The van der Waals surface area contributed by atoms with Gasteiger partial charge in [0.1, 0.15) is 0 Å². The van der Waals surface area contributed by atoms with Crippen molar-refractivity contribution in [3.05, 3.63) is 0 Å². The molecule has 0 radical (unpaired) electrons. The fraction of sp³-hybridized carbons (Fsp3) is 1.00. The van der Waals surface area contributed by atoms with Crippen LogP contribution in [0.5, 0.6) is 0 Å². The Morgan fingerprint density at radius 3 is 2.50 bits per heavy atom. The standard InChI is InChI=1S/C15H29N3/c1-11(2)15-10-18(12(3)8-16-15)14-6-7-17(9-14)13-4-5-13/h11-16H,4-10H2,1-3H3. The van der Waals surface area contributed by atoms with Gasteiger partial charge in [0, 0.05) is 50.3 Å². The molecule has 1 aliphatic carbocycles. The Hall–Kier alpha value is -0.120. The van der Waals surface area contributed by atoms with E-state index in [-0.39, 0.29) is 0 Å². The third kappa shape index (κ3) is 2.59. The fourth-order valence-electron chi connectivity index (χ4n) is 3.68. The van der Waals surface area contributed by atoms with Crippen molar-refractivity contribution in [3.63, 3.8) is 0 Å². The predicted molar refractivity (Wildman–Crippen MR) is 75.8 cm³/mol. The van der Waals surface area contributed by atoms with Crippen LogP contribution in [0.3, 0.4) is 0 Å². The van der Waals surface area contributed by atoms with Crippen molar-refractivity contribution in [2.45, 2.75) is 64.2 Å². The maximum absolute atomic E-state index is 3.71. The van der Waals surface area contributed by atoms with E-state index in [0.29, 0.717) is 12.1 Å². The van der Waals surface area contributed by atoms with Crippen molar-refractivity contribution >= 4 is 0 Å². The van der Waals surface area contributed by atoms with Gasteiger partial charge in [-0.2, -0.15) is 0 Å². The van der Waals surface area contributed by atoms with Crippen molar-refractivity contribution in [2.24, 2.45) is 5.92 Å². The molecule has 3 heteroatoms. The molecule has 0 aromatic carbocycles. The Balaban J connectivity index is 1.59. The lowest BCUT2D eigenvalue weighted by Gasteiger charge is -2.43. The van der Waals surface area contributed by atoms with Crippen LogP contribution >= 0.6 is 0 Å². The molecule has 2 aliphatic heterocycles. The summed E-state index contributed by atoms with van der Waals surface area (Å²) in [5.74, 6) is 0.751. The highest BCUT2D eigenvalue weighted by molar-refractivity contribution is 4.96. The third-order valence-corrected chi connectivity index (χ3v) is 5.18. The highest BCUT2D eigenvalue weighted by Crippen LogP contribution is 2.32. The summed E-state index contributed by atoms with van der Waals surface area (Å²) < 4.78 is 0. The number of hydrogen-bond acceptors (Lipinski definition) is 3. The van der Waals surface area contributed by atoms with E-state index in [1.165, 1.54) is 45.4 Å². The molecule has 0 bridgehead atoms. The fourth-order valence-corrected chi connectivity index (χ4v) is 3.68. The zero-order valence-corrected chi connectivity index (χ0v) is 12.2. The monoisotopic (exact) mass is 251 g/mol. The van der Waals surface area contributed by atoms with Gasteiger partial charge < -0.3 is 5.32 Å². The van der Waals surface area contributed by atoms with Crippen LogP contribution in [0.25, 0.3) is 0 Å². The van der Waals surface area contributed by atoms with E-state index in [2.05, 4.69) is 35.9 Å². The molecular weight excluding hydrogens is 222 g/mol. The van der Waals surface area contributed by atoms with Crippen molar-refractivity contribution in [1.82, 2.24) is 15.1 Å². The highest BCUT2D eigenvalue weighted by atomic mass is 15.3. The Labute approximate surface area is 112 Å². The van der Waals surface area contributed by atoms with Crippen LogP contribution in [0.2, 0.25) is 0 Å². The molecule has 2 saturated heterocycles. The third-order valence-electron chi connectivity index (χ3n) is 5.18. The SMILES string of the molecule is CC(C)C1CN(C2CCN(C3CC3)C2)C(C)CN1. The van der Waals surface area contributed by atoms with E-state index >= 15 is 0 Å². The van der Waals surface area contributed by atoms with Crippen molar-refractivity contribution in [2.75, 3.05) is 26.2 Å². The normalized spacial score (nSPS) is 39.7. The lowest BCUT2D eigenvalue weighted by Crippen LogP contribution is -2.60. The van der Waals surface area contributed by atoms with E-state index in [9.17, 15) is 0 Å². The second kappa shape index (κ2) is 5.10. The number of nitrogens with one attached hydrogen (secondary N) is 1. The van der Waals surface area contributed by atoms with Gasteiger partial charge in [-0.15, -0.1) is 0 Å². The summed E-state index contributed by atoms with van der Waals surface area (Å²) in [4.78, 5) is 5.54. The van der Waals surface area contributed by atoms with Gasteiger partial charge in [-0.05, 0) is 32.1 Å². The van der Waals surface area contributed by atoms with Gasteiger partial charge in [0.25, 0.3) is 0 Å². The number of likely N-dealkylation sites (tertiary alicyclic amines) is 1. The molecule has 1 N–H and O–H groups in total. The van der Waals surface area contributed by atoms with Gasteiger partial charge in [-0.3, -0.25) is 9.80 Å². The Kier molecular flexibility index (Phi) is 3.65. The average Bonchev–Trinajstić information content (AvgIpc) is 3.08. The summed E-state index contributed by atoms with van der Waals surface area (Å²) >= 11 is 0. The summed E-state index contributed by atoms with van der Waals surface area (Å²) in [6.45, 7) is 12.2. The second-order valence-corrected chi connectivity index (χ2v) is 6.97. The van der Waals surface area contributed by atoms with Crippen LogP contribution < -0.4 is 5.32 Å². The Bertz CT molecular complexity index is 287. The number of piperazine rings is 1. The minimum atomic E-state index is 0.691. The largest absolute Gasteiger partial charge is 0.311 e. The van der Waals surface area contributed by atoms with Crippen molar-refractivity contribution in [1.29, 1.82) is 0 Å². The number of hydrogen-bond donors (Lipinski definition) is 1. The van der Waals surface area contributed by atoms with Gasteiger partial charge >= 0.3 is 0 Å². The van der Waals surface area contributed by atoms with Crippen LogP contribution in [0, 0.1) is 5.92 Å². The van der Waals surface area contributed by atoms with Crippen LogP contribution in [-0.2, 0) is 0 Å². The topological polar surface area (TPSA) is 18.5 Å². The molecular formula is C15H29N3. The molecule has 2 heterocycles. The van der Waals surface area contributed by atoms with E-state index < -0.39 is 0 Å². The molecule has 3 rings (SSSR count). The van der Waals surface area contributed by atoms with Gasteiger partial charge in [0.05, 0.1) is 0 Å². The van der Waals surface area contributed by atoms with Crippen molar-refractivity contribution < 1.29 is 0 Å². The smallest absolute Gasteiger partial charge is 0.0239 e. The quantitative estimate of drug-likeness (QED) is 0.821. The molecule has 18 heavy (non-hydrogen) atoms. The molecule has 3 fully saturated rings. The van der Waals surface area contributed by atoms with Gasteiger partial charge in [-0.1, -0.05) is 13.8 Å². The van der Waals surface area contributed by atoms with Crippen LogP contribution in [-0.4, -0.2) is 60.1 Å². The number of rotatable bonds is 3. The number of nitrogens with zero attached hydrogens (tertiary/aromatic N) is 2. The second-order valence-electron chi connectivity index (χ2n) is 6.97. The van der Waals surface area contributed by atoms with Crippen LogP contribution in [0.15, 0.2) is 0 Å². The Morgan fingerprint density at radius 2 is 1.83 bits per heavy atom. The van der Waals surface area contributed by atoms with E-state index in [4.69, 9.17) is 0 Å². The summed E-state index contributed by atoms with van der Waals surface area (Å²) in [5.41, 5.74) is 0. The summed E-state index contributed by atoms with van der Waals surface area (Å²) in [6.07, 6.45) is 4.31. The molecule has 0 amide bonds. The zero-order chi connectivity index (χ0) is 12.7. The maximum atomic E-state index is 3.71. The molecule has 0 aromatic heterocycles. The van der Waals surface area contributed by atoms with Gasteiger partial charge in [0.2, 0.25) is 0 Å². The zero-order valence-electron chi connectivity index (χ0n) is 12.2. The highest BCUT2D eigenvalue weighted by Gasteiger charge is 2.39. The minimum Gasteiger partial charge on any atom is -0.311 e. The first-order valence-corrected chi connectivity index (χ1v) is 7.88. The van der Waals surface area contributed by atoms with E-state index in [0.717, 1.165) is 18.0 Å². The molecule has 1 saturated carbocycles. The summed E-state index contributed by atoms with van der Waals surface area (Å²) in [6, 6.07) is 3.18. The van der Waals surface area contributed by atoms with Crippen molar-refractivity contribution in [3.8, 4) is 0 Å². The first-order valence-electron chi connectivity index (χ1n) is 7.88. The lowest BCUT2D eigenvalue weighted by atomic mass is 9.98. The van der Waals surface area contributed by atoms with Gasteiger partial charge in [-0.25, -0.2) is 0 Å². The molecule has 0 spiro atoms. The first-order chi connectivity index (χ1) is 8.65. The molecule has 104 valence electrons. The van der Waals surface area contributed by atoms with E-state index in [1.54, 1.807) is 0 Å². The van der Waals surface area contributed by atoms with E-state index in [1.807, 2.05) is 0 Å². The molecule has 3 atom stereocenters. The summed E-state index contributed by atoms with van der Waals surface area (Å²) in [5, 5.41) is 3.71. The van der Waals surface area contributed by atoms with Crippen LogP contribution in [0.4, 0.5) is 0 Å². The molecule has 3 aliphatic rings. The van der Waals surface area contributed by atoms with Crippen LogP contribution in [0.1, 0.15) is 40.0 Å². The maximum Gasteiger partial charge on any atom is 0.0239 e. The average molecular weight is 251 g/mol. The molecule has 3 nitrogen and oxygen atoms in total. The first kappa shape index (κ1) is 12.9. The summed E-state index contributed by atoms with van der Waals surface area (Å²) in [7, 11) is 0. The minimum absolute atomic E-state index is 0.691.